The van der Waals surface area contributed by atoms with Gasteiger partial charge in [-0.3, -0.25) is 4.79 Å². The fraction of sp³-hybridized carbons (Fsp3) is 0.348. The van der Waals surface area contributed by atoms with Gasteiger partial charge >= 0.3 is 0 Å². The standard InChI is InChI=1S/C23H29N3O/c1-16-9-10-18(17(2)13-16)20(14-23(27)24-11-12-26(3)4)21-15-25-22-8-6-5-7-19(21)22/h5-10,13,15,20,25H,11-12,14H2,1-4H3,(H,24,27)/p+1/t20-/m1/s1. The van der Waals surface area contributed by atoms with E-state index in [0.717, 1.165) is 12.1 Å². The molecule has 1 amide bonds. The maximum Gasteiger partial charge on any atom is 0.221 e. The Morgan fingerprint density at radius 2 is 1.89 bits per heavy atom. The van der Waals surface area contributed by atoms with Crippen molar-refractivity contribution < 1.29 is 9.69 Å². The highest BCUT2D eigenvalue weighted by Crippen LogP contribution is 2.35. The van der Waals surface area contributed by atoms with Gasteiger partial charge in [-0.1, -0.05) is 42.0 Å². The van der Waals surface area contributed by atoms with E-state index in [-0.39, 0.29) is 11.8 Å². The molecule has 3 N–H and O–H groups in total. The lowest BCUT2D eigenvalue weighted by Gasteiger charge is -2.20. The SMILES string of the molecule is Cc1ccc([C@@H](CC(=O)NCC[NH+](C)C)c2c[nH]c3ccccc23)c(C)c1. The number of carbonyl (C=O) groups is 1. The Bertz CT molecular complexity index is 926. The molecule has 1 atom stereocenters. The van der Waals surface area contributed by atoms with E-state index in [1.54, 1.807) is 0 Å². The van der Waals surface area contributed by atoms with Crippen molar-refractivity contribution in [3.8, 4) is 0 Å². The number of amides is 1. The monoisotopic (exact) mass is 364 g/mol. The molecule has 0 aliphatic heterocycles. The van der Waals surface area contributed by atoms with Gasteiger partial charge in [-0.25, -0.2) is 0 Å². The predicted octanol–water partition coefficient (Wildman–Crippen LogP) is 2.57. The first kappa shape index (κ1) is 19.2. The van der Waals surface area contributed by atoms with E-state index in [1.165, 1.54) is 32.5 Å². The van der Waals surface area contributed by atoms with Gasteiger partial charge in [0.1, 0.15) is 0 Å². The van der Waals surface area contributed by atoms with E-state index in [0.29, 0.717) is 13.0 Å². The number of carbonyl (C=O) groups excluding carboxylic acids is 1. The minimum Gasteiger partial charge on any atom is -0.361 e. The summed E-state index contributed by atoms with van der Waals surface area (Å²) in [5.74, 6) is 0.139. The molecule has 4 nitrogen and oxygen atoms in total. The molecule has 4 heteroatoms. The number of benzene rings is 2. The van der Waals surface area contributed by atoms with Crippen molar-refractivity contribution in [3.63, 3.8) is 0 Å². The van der Waals surface area contributed by atoms with Crippen molar-refractivity contribution in [2.75, 3.05) is 27.2 Å². The second-order valence-electron chi connectivity index (χ2n) is 7.71. The van der Waals surface area contributed by atoms with Crippen molar-refractivity contribution >= 4 is 16.8 Å². The molecule has 3 aromatic rings. The lowest BCUT2D eigenvalue weighted by Crippen LogP contribution is -3.06. The van der Waals surface area contributed by atoms with E-state index in [4.69, 9.17) is 0 Å². The van der Waals surface area contributed by atoms with Crippen LogP contribution >= 0.6 is 0 Å². The summed E-state index contributed by atoms with van der Waals surface area (Å²) >= 11 is 0. The quantitative estimate of drug-likeness (QED) is 0.593. The molecule has 0 spiro atoms. The molecule has 0 radical (unpaired) electrons. The molecule has 0 fully saturated rings. The number of hydrogen-bond acceptors (Lipinski definition) is 1. The van der Waals surface area contributed by atoms with E-state index in [2.05, 4.69) is 80.8 Å². The van der Waals surface area contributed by atoms with Crippen molar-refractivity contribution in [3.05, 3.63) is 70.9 Å². The van der Waals surface area contributed by atoms with Gasteiger partial charge in [0, 0.05) is 29.4 Å². The number of likely N-dealkylation sites (N-methyl/N-ethyl adjacent to an activating group) is 1. The molecule has 0 aliphatic carbocycles. The molecular formula is C23H30N3O+. The van der Waals surface area contributed by atoms with Crippen LogP contribution in [-0.2, 0) is 4.79 Å². The Kier molecular flexibility index (Phi) is 5.97. The first-order valence-corrected chi connectivity index (χ1v) is 9.64. The van der Waals surface area contributed by atoms with Crippen LogP contribution < -0.4 is 10.2 Å². The van der Waals surface area contributed by atoms with Crippen LogP contribution in [0.5, 0.6) is 0 Å². The van der Waals surface area contributed by atoms with Gasteiger partial charge in [0.15, 0.2) is 0 Å². The highest BCUT2D eigenvalue weighted by molar-refractivity contribution is 5.86. The van der Waals surface area contributed by atoms with Gasteiger partial charge in [-0.2, -0.15) is 0 Å². The van der Waals surface area contributed by atoms with Crippen LogP contribution in [0.25, 0.3) is 10.9 Å². The fourth-order valence-corrected chi connectivity index (χ4v) is 3.70. The smallest absolute Gasteiger partial charge is 0.221 e. The number of hydrogen-bond donors (Lipinski definition) is 3. The van der Waals surface area contributed by atoms with E-state index >= 15 is 0 Å². The highest BCUT2D eigenvalue weighted by atomic mass is 16.1. The average molecular weight is 365 g/mol. The van der Waals surface area contributed by atoms with Crippen molar-refractivity contribution in [2.45, 2.75) is 26.2 Å². The number of H-pyrrole nitrogens is 1. The first-order chi connectivity index (χ1) is 13.0. The second-order valence-corrected chi connectivity index (χ2v) is 7.71. The third-order valence-electron chi connectivity index (χ3n) is 5.13. The Morgan fingerprint density at radius 3 is 2.63 bits per heavy atom. The van der Waals surface area contributed by atoms with E-state index < -0.39 is 0 Å². The average Bonchev–Trinajstić information content (AvgIpc) is 3.04. The predicted molar refractivity (Wildman–Crippen MR) is 111 cm³/mol. The number of aromatic amines is 1. The van der Waals surface area contributed by atoms with Gasteiger partial charge < -0.3 is 15.2 Å². The zero-order valence-corrected chi connectivity index (χ0v) is 16.7. The molecule has 0 unspecified atom stereocenters. The Balaban J connectivity index is 1.93. The number of rotatable bonds is 7. The largest absolute Gasteiger partial charge is 0.361 e. The van der Waals surface area contributed by atoms with E-state index in [9.17, 15) is 4.79 Å². The normalized spacial score (nSPS) is 12.5. The molecular weight excluding hydrogens is 334 g/mol. The molecule has 27 heavy (non-hydrogen) atoms. The van der Waals surface area contributed by atoms with Crippen LogP contribution in [0.3, 0.4) is 0 Å². The summed E-state index contributed by atoms with van der Waals surface area (Å²) < 4.78 is 0. The van der Waals surface area contributed by atoms with Gasteiger partial charge in [-0.05, 0) is 36.6 Å². The zero-order valence-electron chi connectivity index (χ0n) is 16.7. The number of quaternary nitrogens is 1. The molecule has 1 aromatic heterocycles. The summed E-state index contributed by atoms with van der Waals surface area (Å²) in [6, 6.07) is 14.8. The molecule has 1 heterocycles. The van der Waals surface area contributed by atoms with E-state index in [1.807, 2.05) is 6.07 Å². The maximum atomic E-state index is 12.7. The highest BCUT2D eigenvalue weighted by Gasteiger charge is 2.22. The first-order valence-electron chi connectivity index (χ1n) is 9.64. The molecule has 0 saturated heterocycles. The Hall–Kier alpha value is -2.59. The topological polar surface area (TPSA) is 49.3 Å². The molecule has 3 rings (SSSR count). The zero-order chi connectivity index (χ0) is 19.4. The molecule has 0 saturated carbocycles. The lowest BCUT2D eigenvalue weighted by atomic mass is 9.85. The van der Waals surface area contributed by atoms with Crippen molar-refractivity contribution in [1.29, 1.82) is 0 Å². The fourth-order valence-electron chi connectivity index (χ4n) is 3.70. The number of aryl methyl sites for hydroxylation is 2. The summed E-state index contributed by atoms with van der Waals surface area (Å²) in [6.45, 7) is 5.87. The number of nitrogens with one attached hydrogen (secondary N) is 3. The van der Waals surface area contributed by atoms with Crippen LogP contribution in [-0.4, -0.2) is 38.1 Å². The van der Waals surface area contributed by atoms with Crippen molar-refractivity contribution in [2.24, 2.45) is 0 Å². The molecule has 2 aromatic carbocycles. The van der Waals surface area contributed by atoms with Crippen molar-refractivity contribution in [1.82, 2.24) is 10.3 Å². The van der Waals surface area contributed by atoms with Crippen LogP contribution in [0.2, 0.25) is 0 Å². The van der Waals surface area contributed by atoms with Crippen LogP contribution in [0, 0.1) is 13.8 Å². The summed E-state index contributed by atoms with van der Waals surface area (Å²) in [5, 5.41) is 4.27. The summed E-state index contributed by atoms with van der Waals surface area (Å²) in [6.07, 6.45) is 2.51. The van der Waals surface area contributed by atoms with Crippen LogP contribution in [0.4, 0.5) is 0 Å². The number of aromatic nitrogens is 1. The molecule has 0 aliphatic rings. The minimum absolute atomic E-state index is 0.0356. The second kappa shape index (κ2) is 8.40. The summed E-state index contributed by atoms with van der Waals surface area (Å²) in [4.78, 5) is 17.4. The minimum atomic E-state index is 0.0356. The number of para-hydroxylation sites is 1. The third kappa shape index (κ3) is 4.58. The maximum absolute atomic E-state index is 12.7. The lowest BCUT2D eigenvalue weighted by molar-refractivity contribution is -0.856. The third-order valence-corrected chi connectivity index (χ3v) is 5.13. The van der Waals surface area contributed by atoms with Gasteiger partial charge in [0.25, 0.3) is 0 Å². The van der Waals surface area contributed by atoms with Crippen LogP contribution in [0.15, 0.2) is 48.7 Å². The summed E-state index contributed by atoms with van der Waals surface area (Å²) in [7, 11) is 4.19. The van der Waals surface area contributed by atoms with Gasteiger partial charge in [-0.15, -0.1) is 0 Å². The van der Waals surface area contributed by atoms with Gasteiger partial charge in [0.2, 0.25) is 5.91 Å². The summed E-state index contributed by atoms with van der Waals surface area (Å²) in [5.41, 5.74) is 5.99. The Morgan fingerprint density at radius 1 is 1.11 bits per heavy atom. The van der Waals surface area contributed by atoms with Gasteiger partial charge in [0.05, 0.1) is 27.2 Å². The molecule has 0 bridgehead atoms. The molecule has 142 valence electrons. The number of fused-ring (bicyclic) bond motifs is 1. The Labute approximate surface area is 161 Å². The van der Waals surface area contributed by atoms with Crippen LogP contribution in [0.1, 0.15) is 34.6 Å².